The summed E-state index contributed by atoms with van der Waals surface area (Å²) in [6.45, 7) is 3.92. The molecule has 1 aromatic carbocycles. The molecule has 5 rings (SSSR count). The van der Waals surface area contributed by atoms with E-state index in [4.69, 9.17) is 0 Å². The number of carbonyl (C=O) groups is 1. The maximum absolute atomic E-state index is 14.7. The molecule has 3 fully saturated rings. The normalized spacial score (nSPS) is 24.7. The Bertz CT molecular complexity index is 1250. The molecule has 0 unspecified atom stereocenters. The number of nitrogens with zero attached hydrogens (tertiary/aromatic N) is 2. The van der Waals surface area contributed by atoms with Crippen LogP contribution in [0.5, 0.6) is 0 Å². The number of aromatic nitrogens is 1. The van der Waals surface area contributed by atoms with Gasteiger partial charge in [0.15, 0.2) is 0 Å². The summed E-state index contributed by atoms with van der Waals surface area (Å²) < 4.78 is 69.5. The van der Waals surface area contributed by atoms with Gasteiger partial charge >= 0.3 is 0 Å². The van der Waals surface area contributed by atoms with E-state index in [0.717, 1.165) is 36.0 Å². The number of fused-ring (bicyclic) bond motifs is 1. The van der Waals surface area contributed by atoms with Crippen molar-refractivity contribution in [2.45, 2.75) is 44.2 Å². The molecule has 2 heterocycles. The van der Waals surface area contributed by atoms with E-state index < -0.39 is 47.3 Å². The second kappa shape index (κ2) is 9.41. The zero-order valence-corrected chi connectivity index (χ0v) is 20.5. The lowest BCUT2D eigenvalue weighted by molar-refractivity contribution is 0.0648. The topological polar surface area (TPSA) is 66.4 Å². The average molecular weight is 525 g/mol. The van der Waals surface area contributed by atoms with Crippen LogP contribution in [0.25, 0.3) is 0 Å². The summed E-state index contributed by atoms with van der Waals surface area (Å²) >= 11 is 0. The van der Waals surface area contributed by atoms with Gasteiger partial charge in [-0.2, -0.15) is 0 Å². The standard InChI is InChI=1S/C26H29F5N4O2/c1-13(14-4-3-5-15(22(14)27)23(28)29)33-24(37)19-12-35(26(6-7-26)25(30)31)21(36)8-20(19)32-9-16-17-10-34(2)11-18(16)17/h3-5,8,12-13,16-18,23,25,32H,6-7,9-11H2,1-2H3,(H,33,37)/t13-,16-,17+,18-/m1/s1. The van der Waals surface area contributed by atoms with Crippen LogP contribution in [0.15, 0.2) is 35.3 Å². The van der Waals surface area contributed by atoms with Crippen LogP contribution < -0.4 is 16.2 Å². The quantitative estimate of drug-likeness (QED) is 0.478. The molecule has 2 aliphatic carbocycles. The van der Waals surface area contributed by atoms with Crippen LogP contribution in [0, 0.1) is 23.6 Å². The minimum absolute atomic E-state index is 0.0354. The van der Waals surface area contributed by atoms with Gasteiger partial charge in [-0.25, -0.2) is 22.0 Å². The number of pyridine rings is 1. The molecular weight excluding hydrogens is 495 g/mol. The Morgan fingerprint density at radius 3 is 2.38 bits per heavy atom. The first-order chi connectivity index (χ1) is 17.5. The van der Waals surface area contributed by atoms with Crippen molar-refractivity contribution in [2.75, 3.05) is 32.0 Å². The highest BCUT2D eigenvalue weighted by atomic mass is 19.3. The van der Waals surface area contributed by atoms with E-state index >= 15 is 0 Å². The summed E-state index contributed by atoms with van der Waals surface area (Å²) in [5.41, 5.74) is -3.02. The Balaban J connectivity index is 1.41. The molecule has 0 bridgehead atoms. The van der Waals surface area contributed by atoms with Crippen molar-refractivity contribution in [3.8, 4) is 0 Å². The maximum atomic E-state index is 14.7. The number of hydrogen-bond donors (Lipinski definition) is 2. The number of halogens is 5. The minimum Gasteiger partial charge on any atom is -0.384 e. The van der Waals surface area contributed by atoms with Gasteiger partial charge in [-0.05, 0) is 44.6 Å². The van der Waals surface area contributed by atoms with E-state index in [1.165, 1.54) is 19.1 Å². The van der Waals surface area contributed by atoms with E-state index in [1.54, 1.807) is 0 Å². The molecule has 2 saturated carbocycles. The molecular formula is C26H29F5N4O2. The van der Waals surface area contributed by atoms with Crippen molar-refractivity contribution in [3.05, 3.63) is 63.3 Å². The van der Waals surface area contributed by atoms with Gasteiger partial charge < -0.3 is 20.1 Å². The van der Waals surface area contributed by atoms with Crippen LogP contribution in [0.2, 0.25) is 0 Å². The van der Waals surface area contributed by atoms with Gasteiger partial charge in [0.25, 0.3) is 24.3 Å². The molecule has 0 radical (unpaired) electrons. The van der Waals surface area contributed by atoms with Crippen LogP contribution >= 0.6 is 0 Å². The number of alkyl halides is 4. The fourth-order valence-corrected chi connectivity index (χ4v) is 5.71. The van der Waals surface area contributed by atoms with Crippen molar-refractivity contribution in [3.63, 3.8) is 0 Å². The van der Waals surface area contributed by atoms with Gasteiger partial charge in [0.2, 0.25) is 0 Å². The number of likely N-dealkylation sites (tertiary alicyclic amines) is 1. The Kier molecular flexibility index (Phi) is 6.54. The van der Waals surface area contributed by atoms with Gasteiger partial charge in [-0.1, -0.05) is 18.2 Å². The zero-order chi connectivity index (χ0) is 26.6. The van der Waals surface area contributed by atoms with Gasteiger partial charge in [0.1, 0.15) is 11.4 Å². The Hall–Kier alpha value is -2.95. The molecule has 1 saturated heterocycles. The van der Waals surface area contributed by atoms with Crippen molar-refractivity contribution in [2.24, 2.45) is 17.8 Å². The third kappa shape index (κ3) is 4.62. The lowest BCUT2D eigenvalue weighted by Crippen LogP contribution is -2.37. The number of amides is 1. The molecule has 1 amide bonds. The van der Waals surface area contributed by atoms with Gasteiger partial charge in [0.05, 0.1) is 22.9 Å². The molecule has 200 valence electrons. The summed E-state index contributed by atoms with van der Waals surface area (Å²) in [6, 6.07) is 3.71. The molecule has 2 aromatic rings. The number of carbonyl (C=O) groups excluding carboxylic acids is 1. The summed E-state index contributed by atoms with van der Waals surface area (Å²) in [7, 11) is 2.05. The van der Waals surface area contributed by atoms with E-state index in [1.807, 2.05) is 0 Å². The van der Waals surface area contributed by atoms with E-state index in [9.17, 15) is 31.5 Å². The van der Waals surface area contributed by atoms with Crippen LogP contribution in [-0.4, -0.2) is 48.5 Å². The zero-order valence-electron chi connectivity index (χ0n) is 20.5. The third-order valence-electron chi connectivity index (χ3n) is 8.14. The van der Waals surface area contributed by atoms with Crippen LogP contribution in [-0.2, 0) is 5.54 Å². The number of hydrogen-bond acceptors (Lipinski definition) is 4. The molecule has 1 aliphatic heterocycles. The van der Waals surface area contributed by atoms with Gasteiger partial charge in [-0.15, -0.1) is 0 Å². The highest BCUT2D eigenvalue weighted by Crippen LogP contribution is 2.51. The Labute approximate surface area is 210 Å². The molecule has 37 heavy (non-hydrogen) atoms. The number of rotatable bonds is 9. The van der Waals surface area contributed by atoms with E-state index in [2.05, 4.69) is 22.6 Å². The molecule has 1 aromatic heterocycles. The summed E-state index contributed by atoms with van der Waals surface area (Å²) in [5, 5.41) is 5.75. The molecule has 4 atom stereocenters. The monoisotopic (exact) mass is 524 g/mol. The first kappa shape index (κ1) is 25.7. The number of anilines is 1. The second-order valence-corrected chi connectivity index (χ2v) is 10.6. The minimum atomic E-state index is -3.02. The van der Waals surface area contributed by atoms with Crippen molar-refractivity contribution in [1.29, 1.82) is 0 Å². The van der Waals surface area contributed by atoms with Crippen molar-refractivity contribution in [1.82, 2.24) is 14.8 Å². The number of benzene rings is 1. The van der Waals surface area contributed by atoms with Gasteiger partial charge in [-0.3, -0.25) is 9.59 Å². The van der Waals surface area contributed by atoms with Crippen LogP contribution in [0.1, 0.15) is 53.7 Å². The Morgan fingerprint density at radius 2 is 1.78 bits per heavy atom. The van der Waals surface area contributed by atoms with E-state index in [0.29, 0.717) is 24.3 Å². The smallest absolute Gasteiger partial charge is 0.266 e. The first-order valence-corrected chi connectivity index (χ1v) is 12.4. The fourth-order valence-electron chi connectivity index (χ4n) is 5.71. The predicted octanol–water partition coefficient (Wildman–Crippen LogP) is 4.39. The van der Waals surface area contributed by atoms with Crippen LogP contribution in [0.4, 0.5) is 27.6 Å². The summed E-state index contributed by atoms with van der Waals surface area (Å²) in [5.74, 6) is -0.391. The molecule has 3 aliphatic rings. The predicted molar refractivity (Wildman–Crippen MR) is 128 cm³/mol. The van der Waals surface area contributed by atoms with Gasteiger partial charge in [0, 0.05) is 37.5 Å². The number of piperidine rings is 1. The third-order valence-corrected chi connectivity index (χ3v) is 8.14. The molecule has 0 spiro atoms. The van der Waals surface area contributed by atoms with E-state index in [-0.39, 0.29) is 29.7 Å². The summed E-state index contributed by atoms with van der Waals surface area (Å²) in [6.07, 6.45) is -4.45. The highest BCUT2D eigenvalue weighted by molar-refractivity contribution is 5.99. The lowest BCUT2D eigenvalue weighted by atomic mass is 10.0. The molecule has 11 heteroatoms. The first-order valence-electron chi connectivity index (χ1n) is 12.4. The van der Waals surface area contributed by atoms with Crippen molar-refractivity contribution >= 4 is 11.6 Å². The SMILES string of the molecule is C[C@@H](NC(=O)c1cn(C2(C(F)F)CC2)c(=O)cc1NC[C@H]1[C@H]2CN(C)C[C@@H]12)c1cccc(C(F)F)c1F. The summed E-state index contributed by atoms with van der Waals surface area (Å²) in [4.78, 5) is 28.4. The maximum Gasteiger partial charge on any atom is 0.266 e. The second-order valence-electron chi connectivity index (χ2n) is 10.6. The highest BCUT2D eigenvalue weighted by Gasteiger charge is 2.55. The van der Waals surface area contributed by atoms with Crippen molar-refractivity contribution < 1.29 is 26.7 Å². The number of nitrogens with one attached hydrogen (secondary N) is 2. The fraction of sp³-hybridized carbons (Fsp3) is 0.538. The largest absolute Gasteiger partial charge is 0.384 e. The molecule has 2 N–H and O–H groups in total. The average Bonchev–Trinajstić information content (AvgIpc) is 3.72. The molecule has 6 nitrogen and oxygen atoms in total. The lowest BCUT2D eigenvalue weighted by Gasteiger charge is -2.22. The van der Waals surface area contributed by atoms with Crippen LogP contribution in [0.3, 0.4) is 0 Å². The Morgan fingerprint density at radius 1 is 1.14 bits per heavy atom.